The molecule has 1 atom stereocenters. The molecule has 1 amide bonds. The number of thioether (sulfide) groups is 1. The van der Waals surface area contributed by atoms with Gasteiger partial charge in [-0.15, -0.1) is 0 Å². The molecule has 4 nitrogen and oxygen atoms in total. The first-order valence-electron chi connectivity index (χ1n) is 5.37. The molecule has 1 aromatic rings. The summed E-state index contributed by atoms with van der Waals surface area (Å²) in [7, 11) is 0. The topological polar surface area (TPSA) is 54.9 Å². The van der Waals surface area contributed by atoms with Gasteiger partial charge in [0.05, 0.1) is 5.25 Å². The highest BCUT2D eigenvalue weighted by molar-refractivity contribution is 8.00. The van der Waals surface area contributed by atoms with Crippen molar-refractivity contribution in [3.63, 3.8) is 0 Å². The van der Waals surface area contributed by atoms with Gasteiger partial charge in [-0.25, -0.2) is 9.97 Å². The number of aromatic nitrogens is 2. The molecule has 0 aliphatic rings. The zero-order valence-electron chi connectivity index (χ0n) is 9.86. The highest BCUT2D eigenvalue weighted by Gasteiger charge is 2.14. The number of carbonyl (C=O) groups is 1. The van der Waals surface area contributed by atoms with Gasteiger partial charge in [0.25, 0.3) is 0 Å². The fraction of sp³-hybridized carbons (Fsp3) is 0.545. The molecule has 0 aliphatic heterocycles. The smallest absolute Gasteiger partial charge is 0.233 e. The summed E-state index contributed by atoms with van der Waals surface area (Å²) in [6.07, 6.45) is 2.66. The van der Waals surface area contributed by atoms with Crippen LogP contribution < -0.4 is 5.32 Å². The summed E-state index contributed by atoms with van der Waals surface area (Å²) in [4.78, 5) is 20.0. The number of rotatable bonds is 5. The van der Waals surface area contributed by atoms with E-state index in [4.69, 9.17) is 0 Å². The summed E-state index contributed by atoms with van der Waals surface area (Å²) in [5.41, 5.74) is 0.915. The Labute approximate surface area is 100 Å². The van der Waals surface area contributed by atoms with Gasteiger partial charge in [-0.1, -0.05) is 18.7 Å². The van der Waals surface area contributed by atoms with Crippen molar-refractivity contribution in [3.8, 4) is 0 Å². The van der Waals surface area contributed by atoms with E-state index in [0.717, 1.165) is 18.7 Å². The lowest BCUT2D eigenvalue weighted by molar-refractivity contribution is -0.120. The van der Waals surface area contributed by atoms with Crippen LogP contribution in [0.3, 0.4) is 0 Å². The molecule has 16 heavy (non-hydrogen) atoms. The number of aryl methyl sites for hydroxylation is 1. The number of carbonyl (C=O) groups excluding carboxylic acids is 1. The van der Waals surface area contributed by atoms with Gasteiger partial charge in [0, 0.05) is 18.4 Å². The van der Waals surface area contributed by atoms with Crippen LogP contribution in [0.4, 0.5) is 0 Å². The van der Waals surface area contributed by atoms with Crippen molar-refractivity contribution < 1.29 is 4.79 Å². The first kappa shape index (κ1) is 13.0. The van der Waals surface area contributed by atoms with Gasteiger partial charge in [-0.2, -0.15) is 0 Å². The van der Waals surface area contributed by atoms with E-state index >= 15 is 0 Å². The summed E-state index contributed by atoms with van der Waals surface area (Å²) >= 11 is 1.38. The predicted molar refractivity (Wildman–Crippen MR) is 65.4 cm³/mol. The monoisotopic (exact) mass is 239 g/mol. The van der Waals surface area contributed by atoms with Crippen molar-refractivity contribution in [2.45, 2.75) is 37.6 Å². The summed E-state index contributed by atoms with van der Waals surface area (Å²) in [5.74, 6) is 0.0388. The molecule has 0 aromatic carbocycles. The maximum atomic E-state index is 11.6. The van der Waals surface area contributed by atoms with Crippen LogP contribution >= 0.6 is 11.8 Å². The molecule has 1 rings (SSSR count). The number of hydrogen-bond acceptors (Lipinski definition) is 4. The first-order chi connectivity index (χ1) is 7.63. The van der Waals surface area contributed by atoms with E-state index < -0.39 is 0 Å². The summed E-state index contributed by atoms with van der Waals surface area (Å²) in [6, 6.07) is 1.84. The molecule has 0 saturated heterocycles. The van der Waals surface area contributed by atoms with Crippen LogP contribution in [0.1, 0.15) is 26.0 Å². The Hall–Kier alpha value is -1.10. The minimum absolute atomic E-state index is 0.0388. The zero-order chi connectivity index (χ0) is 12.0. The molecule has 0 fully saturated rings. The van der Waals surface area contributed by atoms with Gasteiger partial charge in [0.1, 0.15) is 0 Å². The Morgan fingerprint density at radius 2 is 2.38 bits per heavy atom. The minimum atomic E-state index is -0.159. The van der Waals surface area contributed by atoms with Crippen LogP contribution in [0.2, 0.25) is 0 Å². The normalized spacial score (nSPS) is 12.2. The Morgan fingerprint density at radius 1 is 1.62 bits per heavy atom. The lowest BCUT2D eigenvalue weighted by atomic mass is 10.4. The Kier molecular flexibility index (Phi) is 5.25. The van der Waals surface area contributed by atoms with Gasteiger partial charge in [0.2, 0.25) is 5.91 Å². The van der Waals surface area contributed by atoms with Crippen LogP contribution in [-0.4, -0.2) is 27.7 Å². The lowest BCUT2D eigenvalue weighted by Gasteiger charge is -2.10. The summed E-state index contributed by atoms with van der Waals surface area (Å²) < 4.78 is 0. The summed E-state index contributed by atoms with van der Waals surface area (Å²) in [6.45, 7) is 6.52. The molecule has 0 saturated carbocycles. The van der Waals surface area contributed by atoms with Crippen molar-refractivity contribution in [2.75, 3.05) is 6.54 Å². The largest absolute Gasteiger partial charge is 0.355 e. The van der Waals surface area contributed by atoms with E-state index in [2.05, 4.69) is 15.3 Å². The quantitative estimate of drug-likeness (QED) is 0.628. The van der Waals surface area contributed by atoms with E-state index in [9.17, 15) is 4.79 Å². The standard InChI is InChI=1S/C11H17N3OS/c1-4-6-12-10(15)9(3)16-11-13-7-5-8(2)14-11/h5,7,9H,4,6H2,1-3H3,(H,12,15)/t9-/m1/s1. The third-order valence-corrected chi connectivity index (χ3v) is 2.95. The van der Waals surface area contributed by atoms with E-state index in [0.29, 0.717) is 5.16 Å². The molecular formula is C11H17N3OS. The van der Waals surface area contributed by atoms with E-state index in [1.165, 1.54) is 11.8 Å². The molecule has 0 bridgehead atoms. The Balaban J connectivity index is 2.50. The third kappa shape index (κ3) is 4.18. The van der Waals surface area contributed by atoms with Crippen LogP contribution in [0.25, 0.3) is 0 Å². The third-order valence-electron chi connectivity index (χ3n) is 1.97. The fourth-order valence-electron chi connectivity index (χ4n) is 1.09. The Bertz CT molecular complexity index is 357. The molecule has 0 unspecified atom stereocenters. The molecule has 1 aromatic heterocycles. The second-order valence-corrected chi connectivity index (χ2v) is 4.84. The lowest BCUT2D eigenvalue weighted by Crippen LogP contribution is -2.31. The van der Waals surface area contributed by atoms with Gasteiger partial charge in [-0.05, 0) is 26.3 Å². The average Bonchev–Trinajstić information content (AvgIpc) is 2.25. The molecule has 0 aliphatic carbocycles. The molecule has 0 radical (unpaired) electrons. The van der Waals surface area contributed by atoms with Gasteiger partial charge in [0.15, 0.2) is 5.16 Å². The zero-order valence-corrected chi connectivity index (χ0v) is 10.7. The molecular weight excluding hydrogens is 222 g/mol. The van der Waals surface area contributed by atoms with Crippen LogP contribution in [0.5, 0.6) is 0 Å². The van der Waals surface area contributed by atoms with Crippen molar-refractivity contribution in [2.24, 2.45) is 0 Å². The minimum Gasteiger partial charge on any atom is -0.355 e. The van der Waals surface area contributed by atoms with Crippen LogP contribution in [-0.2, 0) is 4.79 Å². The van der Waals surface area contributed by atoms with Gasteiger partial charge >= 0.3 is 0 Å². The van der Waals surface area contributed by atoms with E-state index in [1.807, 2.05) is 26.8 Å². The number of hydrogen-bond donors (Lipinski definition) is 1. The first-order valence-corrected chi connectivity index (χ1v) is 6.25. The number of amides is 1. The van der Waals surface area contributed by atoms with Crippen molar-refractivity contribution in [1.82, 2.24) is 15.3 Å². The van der Waals surface area contributed by atoms with E-state index in [-0.39, 0.29) is 11.2 Å². The second kappa shape index (κ2) is 6.48. The van der Waals surface area contributed by atoms with Gasteiger partial charge < -0.3 is 5.32 Å². The highest BCUT2D eigenvalue weighted by atomic mass is 32.2. The second-order valence-electron chi connectivity index (χ2n) is 3.53. The number of nitrogens with one attached hydrogen (secondary N) is 1. The van der Waals surface area contributed by atoms with Crippen molar-refractivity contribution in [3.05, 3.63) is 18.0 Å². The van der Waals surface area contributed by atoms with Crippen LogP contribution in [0, 0.1) is 6.92 Å². The maximum Gasteiger partial charge on any atom is 0.233 e. The highest BCUT2D eigenvalue weighted by Crippen LogP contribution is 2.18. The molecule has 1 N–H and O–H groups in total. The van der Waals surface area contributed by atoms with Crippen LogP contribution in [0.15, 0.2) is 17.4 Å². The van der Waals surface area contributed by atoms with E-state index in [1.54, 1.807) is 6.20 Å². The molecule has 0 spiro atoms. The molecule has 1 heterocycles. The average molecular weight is 239 g/mol. The van der Waals surface area contributed by atoms with Crippen molar-refractivity contribution in [1.29, 1.82) is 0 Å². The van der Waals surface area contributed by atoms with Gasteiger partial charge in [-0.3, -0.25) is 4.79 Å². The molecule has 88 valence electrons. The Morgan fingerprint density at radius 3 is 3.00 bits per heavy atom. The predicted octanol–water partition coefficient (Wildman–Crippen LogP) is 1.79. The van der Waals surface area contributed by atoms with Crippen molar-refractivity contribution >= 4 is 17.7 Å². The SMILES string of the molecule is CCCNC(=O)[C@@H](C)Sc1nccc(C)n1. The molecule has 5 heteroatoms. The number of nitrogens with zero attached hydrogens (tertiary/aromatic N) is 2. The maximum absolute atomic E-state index is 11.6. The fourth-order valence-corrected chi connectivity index (χ4v) is 1.91. The summed E-state index contributed by atoms with van der Waals surface area (Å²) in [5, 5.41) is 3.34.